The summed E-state index contributed by atoms with van der Waals surface area (Å²) >= 11 is 0. The standard InChI is InChI=1S/C26H23F4NO2/c1-5-11-33-25-21(29)19(27)23(20(28)22(25)30)31-14-16-12-15(2)13-18(24(16)32)26(3,4)17-9-7-6-8-10-17/h5-10,12-14,32H,1,11H2,2-4H3. The maximum absolute atomic E-state index is 14.4. The van der Waals surface area contributed by atoms with Crippen LogP contribution < -0.4 is 4.74 Å². The van der Waals surface area contributed by atoms with E-state index < -0.39 is 40.1 Å². The number of nitrogens with zero attached hydrogens (tertiary/aromatic N) is 1. The first kappa shape index (κ1) is 24.0. The summed E-state index contributed by atoms with van der Waals surface area (Å²) in [5.41, 5.74) is 0.603. The summed E-state index contributed by atoms with van der Waals surface area (Å²) < 4.78 is 62.0. The maximum Gasteiger partial charge on any atom is 0.206 e. The third kappa shape index (κ3) is 4.62. The fraction of sp³-hybridized carbons (Fsp3) is 0.192. The van der Waals surface area contributed by atoms with Gasteiger partial charge >= 0.3 is 0 Å². The van der Waals surface area contributed by atoms with Gasteiger partial charge < -0.3 is 9.84 Å². The molecule has 0 saturated carbocycles. The molecule has 0 aromatic heterocycles. The van der Waals surface area contributed by atoms with E-state index in [0.717, 1.165) is 17.3 Å². The number of ether oxygens (including phenoxy) is 1. The van der Waals surface area contributed by atoms with Gasteiger partial charge in [0.25, 0.3) is 0 Å². The molecule has 0 heterocycles. The van der Waals surface area contributed by atoms with Gasteiger partial charge in [-0.05, 0) is 24.1 Å². The van der Waals surface area contributed by atoms with Crippen molar-refractivity contribution in [2.24, 2.45) is 4.99 Å². The number of benzene rings is 3. The molecule has 0 radical (unpaired) electrons. The van der Waals surface area contributed by atoms with Gasteiger partial charge in [0.1, 0.15) is 18.0 Å². The Morgan fingerprint density at radius 3 is 2.18 bits per heavy atom. The highest BCUT2D eigenvalue weighted by Gasteiger charge is 2.28. The lowest BCUT2D eigenvalue weighted by atomic mass is 9.76. The number of phenolic OH excluding ortho intramolecular Hbond substituents is 1. The van der Waals surface area contributed by atoms with Crippen molar-refractivity contribution < 1.29 is 27.4 Å². The van der Waals surface area contributed by atoms with Crippen LogP contribution in [0, 0.1) is 30.2 Å². The fourth-order valence-electron chi connectivity index (χ4n) is 3.51. The van der Waals surface area contributed by atoms with Crippen LogP contribution in [0.4, 0.5) is 23.2 Å². The Labute approximate surface area is 189 Å². The first-order valence-corrected chi connectivity index (χ1v) is 10.1. The summed E-state index contributed by atoms with van der Waals surface area (Å²) in [7, 11) is 0. The molecule has 0 unspecified atom stereocenters. The average molecular weight is 457 g/mol. The van der Waals surface area contributed by atoms with E-state index >= 15 is 0 Å². The van der Waals surface area contributed by atoms with Gasteiger partial charge in [-0.2, -0.15) is 8.78 Å². The highest BCUT2D eigenvalue weighted by Crippen LogP contribution is 2.39. The molecule has 7 heteroatoms. The molecule has 3 aromatic carbocycles. The zero-order valence-electron chi connectivity index (χ0n) is 18.4. The van der Waals surface area contributed by atoms with E-state index in [1.807, 2.05) is 44.2 Å². The highest BCUT2D eigenvalue weighted by atomic mass is 19.2. The third-order valence-electron chi connectivity index (χ3n) is 5.33. The molecule has 3 aromatic rings. The summed E-state index contributed by atoms with van der Waals surface area (Å²) in [4.78, 5) is 3.63. The lowest BCUT2D eigenvalue weighted by Gasteiger charge is -2.28. The second kappa shape index (κ2) is 9.48. The van der Waals surface area contributed by atoms with Crippen LogP contribution in [0.15, 0.2) is 60.1 Å². The Hall–Kier alpha value is -3.61. The second-order valence-electron chi connectivity index (χ2n) is 8.03. The molecule has 172 valence electrons. The summed E-state index contributed by atoms with van der Waals surface area (Å²) in [5.74, 6) is -8.17. The summed E-state index contributed by atoms with van der Waals surface area (Å²) in [5, 5.41) is 10.9. The van der Waals surface area contributed by atoms with Crippen molar-refractivity contribution in [3.8, 4) is 11.5 Å². The molecule has 0 aliphatic carbocycles. The lowest BCUT2D eigenvalue weighted by molar-refractivity contribution is 0.303. The Kier molecular flexibility index (Phi) is 6.91. The average Bonchev–Trinajstić information content (AvgIpc) is 2.80. The molecule has 0 aliphatic rings. The zero-order chi connectivity index (χ0) is 24.3. The molecule has 3 rings (SSSR count). The minimum atomic E-state index is -1.71. The Bertz CT molecular complexity index is 1190. The number of hydrogen-bond donors (Lipinski definition) is 1. The van der Waals surface area contributed by atoms with Crippen LogP contribution in [-0.2, 0) is 5.41 Å². The van der Waals surface area contributed by atoms with E-state index in [-0.39, 0.29) is 17.9 Å². The molecule has 0 saturated heterocycles. The molecular weight excluding hydrogens is 434 g/mol. The summed E-state index contributed by atoms with van der Waals surface area (Å²) in [6.07, 6.45) is 2.15. The predicted molar refractivity (Wildman–Crippen MR) is 121 cm³/mol. The Balaban J connectivity index is 2.08. The van der Waals surface area contributed by atoms with Crippen LogP contribution in [0.3, 0.4) is 0 Å². The number of rotatable bonds is 7. The van der Waals surface area contributed by atoms with Crippen molar-refractivity contribution >= 4 is 11.9 Å². The Morgan fingerprint density at radius 1 is 1.00 bits per heavy atom. The van der Waals surface area contributed by atoms with Crippen molar-refractivity contribution in [3.63, 3.8) is 0 Å². The van der Waals surface area contributed by atoms with Gasteiger partial charge in [0.05, 0.1) is 0 Å². The summed E-state index contributed by atoms with van der Waals surface area (Å²) in [6, 6.07) is 12.8. The van der Waals surface area contributed by atoms with Gasteiger partial charge in [0, 0.05) is 22.8 Å². The highest BCUT2D eigenvalue weighted by molar-refractivity contribution is 5.87. The largest absolute Gasteiger partial charge is 0.507 e. The van der Waals surface area contributed by atoms with Crippen molar-refractivity contribution in [1.82, 2.24) is 0 Å². The second-order valence-corrected chi connectivity index (χ2v) is 8.03. The van der Waals surface area contributed by atoms with Crippen molar-refractivity contribution in [3.05, 3.63) is 101 Å². The topological polar surface area (TPSA) is 41.8 Å². The van der Waals surface area contributed by atoms with Crippen LogP contribution in [0.5, 0.6) is 11.5 Å². The molecule has 33 heavy (non-hydrogen) atoms. The molecule has 3 nitrogen and oxygen atoms in total. The Morgan fingerprint density at radius 2 is 1.61 bits per heavy atom. The zero-order valence-corrected chi connectivity index (χ0v) is 18.4. The van der Waals surface area contributed by atoms with E-state index in [1.165, 1.54) is 6.08 Å². The van der Waals surface area contributed by atoms with Crippen molar-refractivity contribution in [2.75, 3.05) is 6.61 Å². The van der Waals surface area contributed by atoms with E-state index in [4.69, 9.17) is 0 Å². The van der Waals surface area contributed by atoms with Crippen molar-refractivity contribution in [2.45, 2.75) is 26.2 Å². The molecule has 0 spiro atoms. The smallest absolute Gasteiger partial charge is 0.206 e. The lowest BCUT2D eigenvalue weighted by Crippen LogP contribution is -2.19. The van der Waals surface area contributed by atoms with Gasteiger partial charge in [-0.25, -0.2) is 13.8 Å². The third-order valence-corrected chi connectivity index (χ3v) is 5.33. The monoisotopic (exact) mass is 457 g/mol. The molecule has 0 fully saturated rings. The van der Waals surface area contributed by atoms with Gasteiger partial charge in [0.15, 0.2) is 17.4 Å². The molecule has 1 N–H and O–H groups in total. The van der Waals surface area contributed by atoms with Gasteiger partial charge in [-0.15, -0.1) is 0 Å². The number of phenols is 1. The first-order valence-electron chi connectivity index (χ1n) is 10.1. The number of aliphatic imine (C=N–C) groups is 1. The maximum atomic E-state index is 14.4. The SMILES string of the molecule is C=CCOc1c(F)c(F)c(N=Cc2cc(C)cc(C(C)(C)c3ccccc3)c2O)c(F)c1F. The molecule has 0 aliphatic heterocycles. The molecule has 0 atom stereocenters. The van der Waals surface area contributed by atoms with Gasteiger partial charge in [-0.1, -0.05) is 62.9 Å². The number of aromatic hydroxyl groups is 1. The number of halogens is 4. The molecular formula is C26H23F4NO2. The van der Waals surface area contributed by atoms with E-state index in [1.54, 1.807) is 19.1 Å². The molecule has 0 bridgehead atoms. The van der Waals surface area contributed by atoms with Crippen LogP contribution in [-0.4, -0.2) is 17.9 Å². The minimum absolute atomic E-state index is 0.139. The summed E-state index contributed by atoms with van der Waals surface area (Å²) in [6.45, 7) is 8.60. The van der Waals surface area contributed by atoms with E-state index in [2.05, 4.69) is 16.3 Å². The number of aryl methyl sites for hydroxylation is 1. The quantitative estimate of drug-likeness (QED) is 0.182. The molecule has 0 amide bonds. The number of hydrogen-bond acceptors (Lipinski definition) is 3. The first-order chi connectivity index (χ1) is 15.6. The van der Waals surface area contributed by atoms with Gasteiger partial charge in [0.2, 0.25) is 11.6 Å². The van der Waals surface area contributed by atoms with Gasteiger partial charge in [-0.3, -0.25) is 0 Å². The van der Waals surface area contributed by atoms with Crippen LogP contribution in [0.1, 0.15) is 36.1 Å². The van der Waals surface area contributed by atoms with Crippen LogP contribution >= 0.6 is 0 Å². The fourth-order valence-corrected chi connectivity index (χ4v) is 3.51. The predicted octanol–water partition coefficient (Wildman–Crippen LogP) is 6.90. The van der Waals surface area contributed by atoms with Crippen LogP contribution in [0.25, 0.3) is 0 Å². The normalized spacial score (nSPS) is 11.7. The van der Waals surface area contributed by atoms with E-state index in [9.17, 15) is 22.7 Å². The minimum Gasteiger partial charge on any atom is -0.507 e. The van der Waals surface area contributed by atoms with Crippen molar-refractivity contribution in [1.29, 1.82) is 0 Å². The van der Waals surface area contributed by atoms with Crippen LogP contribution in [0.2, 0.25) is 0 Å². The van der Waals surface area contributed by atoms with E-state index in [0.29, 0.717) is 5.56 Å².